The van der Waals surface area contributed by atoms with E-state index in [1.807, 2.05) is 55.4 Å². The molecule has 29 heavy (non-hydrogen) atoms. The van der Waals surface area contributed by atoms with Crippen LogP contribution in [0.25, 0.3) is 0 Å². The van der Waals surface area contributed by atoms with Gasteiger partial charge in [0, 0.05) is 44.6 Å². The molecule has 2 aromatic rings. The third-order valence-corrected chi connectivity index (χ3v) is 5.95. The minimum Gasteiger partial charge on any atom is -0.762 e. The van der Waals surface area contributed by atoms with E-state index < -0.39 is 0 Å². The molecule has 2 heterocycles. The Hall–Kier alpha value is -0.438. The monoisotopic (exact) mass is 566 g/mol. The SMILES string of the molecule is CC(C)n1c([S-])c([S-])n(C(C)C)c1=O.CC(C)n1c([S-])c([S-])n(C(C)C)c1=O.[Pd]. The van der Waals surface area contributed by atoms with Gasteiger partial charge in [-0.05, 0) is 55.4 Å². The Morgan fingerprint density at radius 1 is 0.483 bits per heavy atom. The molecule has 0 aliphatic heterocycles. The van der Waals surface area contributed by atoms with Crippen molar-refractivity contribution in [1.82, 2.24) is 18.3 Å². The predicted molar refractivity (Wildman–Crippen MR) is 121 cm³/mol. The van der Waals surface area contributed by atoms with Gasteiger partial charge in [0.25, 0.3) is 0 Å². The minimum absolute atomic E-state index is 0. The van der Waals surface area contributed by atoms with E-state index in [1.165, 1.54) is 0 Å². The summed E-state index contributed by atoms with van der Waals surface area (Å²) in [5.74, 6) is 0. The number of nitrogens with zero attached hydrogens (tertiary/aromatic N) is 4. The van der Waals surface area contributed by atoms with Gasteiger partial charge >= 0.3 is 11.4 Å². The fourth-order valence-corrected chi connectivity index (χ4v) is 4.36. The van der Waals surface area contributed by atoms with Crippen LogP contribution in [-0.4, -0.2) is 18.3 Å². The second kappa shape index (κ2) is 11.3. The molecule has 0 atom stereocenters. The van der Waals surface area contributed by atoms with Gasteiger partial charge in [-0.15, -0.1) is 20.1 Å². The first-order valence-corrected chi connectivity index (χ1v) is 10.8. The van der Waals surface area contributed by atoms with Crippen molar-refractivity contribution in [2.75, 3.05) is 0 Å². The van der Waals surface area contributed by atoms with Crippen molar-refractivity contribution in [3.05, 3.63) is 21.0 Å². The molecule has 0 bridgehead atoms. The van der Waals surface area contributed by atoms with Gasteiger partial charge in [0.1, 0.15) is 0 Å². The van der Waals surface area contributed by atoms with Crippen LogP contribution >= 0.6 is 0 Å². The molecule has 2 rings (SSSR count). The van der Waals surface area contributed by atoms with E-state index in [4.69, 9.17) is 50.5 Å². The number of hydrogen-bond acceptors (Lipinski definition) is 6. The van der Waals surface area contributed by atoms with Gasteiger partial charge in [-0.25, -0.2) is 9.59 Å². The van der Waals surface area contributed by atoms with E-state index in [9.17, 15) is 9.59 Å². The molecular formula is C18H28N4O2PdS4-4. The third kappa shape index (κ3) is 5.83. The zero-order chi connectivity index (χ0) is 22.1. The Morgan fingerprint density at radius 2 is 0.621 bits per heavy atom. The van der Waals surface area contributed by atoms with Crippen molar-refractivity contribution >= 4 is 50.5 Å². The molecule has 0 aliphatic carbocycles. The molecule has 0 saturated heterocycles. The van der Waals surface area contributed by atoms with Crippen LogP contribution < -0.4 is 11.4 Å². The van der Waals surface area contributed by atoms with Crippen LogP contribution in [0.3, 0.4) is 0 Å². The number of imidazole rings is 2. The Bertz CT molecular complexity index is 794. The molecule has 0 radical (unpaired) electrons. The Labute approximate surface area is 208 Å². The second-order valence-corrected chi connectivity index (χ2v) is 9.19. The van der Waals surface area contributed by atoms with Crippen LogP contribution in [0.2, 0.25) is 0 Å². The largest absolute Gasteiger partial charge is 0.762 e. The van der Waals surface area contributed by atoms with E-state index in [-0.39, 0.29) is 56.0 Å². The Kier molecular flexibility index (Phi) is 11.1. The molecule has 0 saturated carbocycles. The van der Waals surface area contributed by atoms with E-state index >= 15 is 0 Å². The van der Waals surface area contributed by atoms with Gasteiger partial charge in [0.15, 0.2) is 0 Å². The topological polar surface area (TPSA) is 53.9 Å². The number of aromatic nitrogens is 4. The zero-order valence-corrected chi connectivity index (χ0v) is 22.7. The summed E-state index contributed by atoms with van der Waals surface area (Å²) in [6.07, 6.45) is 0. The van der Waals surface area contributed by atoms with Crippen LogP contribution in [0, 0.1) is 0 Å². The average molecular weight is 567 g/mol. The summed E-state index contributed by atoms with van der Waals surface area (Å²) in [4.78, 5) is 23.8. The first-order valence-electron chi connectivity index (χ1n) is 9.17. The van der Waals surface area contributed by atoms with Crippen LogP contribution in [0.5, 0.6) is 0 Å². The molecule has 0 spiro atoms. The molecule has 2 aromatic heterocycles. The smallest absolute Gasteiger partial charge is 0.325 e. The van der Waals surface area contributed by atoms with Gasteiger partial charge in [0.2, 0.25) is 0 Å². The van der Waals surface area contributed by atoms with Crippen molar-refractivity contribution in [2.45, 2.75) is 99.7 Å². The van der Waals surface area contributed by atoms with Gasteiger partial charge in [-0.2, -0.15) is 0 Å². The average Bonchev–Trinajstić information content (AvgIpc) is 2.90. The first kappa shape index (κ1) is 28.6. The number of rotatable bonds is 4. The van der Waals surface area contributed by atoms with Crippen LogP contribution in [-0.2, 0) is 70.9 Å². The summed E-state index contributed by atoms with van der Waals surface area (Å²) in [5.41, 5.74) is -0.185. The summed E-state index contributed by atoms with van der Waals surface area (Å²) in [5, 5.41) is 1.92. The predicted octanol–water partition coefficient (Wildman–Crippen LogP) is 3.24. The quantitative estimate of drug-likeness (QED) is 0.418. The van der Waals surface area contributed by atoms with Gasteiger partial charge < -0.3 is 68.8 Å². The summed E-state index contributed by atoms with van der Waals surface area (Å²) in [7, 11) is 0. The van der Waals surface area contributed by atoms with Crippen LogP contribution in [0.4, 0.5) is 0 Å². The van der Waals surface area contributed by atoms with E-state index in [0.29, 0.717) is 20.1 Å². The van der Waals surface area contributed by atoms with Crippen molar-refractivity contribution in [2.24, 2.45) is 0 Å². The zero-order valence-electron chi connectivity index (χ0n) is 17.9. The van der Waals surface area contributed by atoms with Crippen molar-refractivity contribution in [3.63, 3.8) is 0 Å². The summed E-state index contributed by atoms with van der Waals surface area (Å²) in [6, 6.07) is 0.266. The maximum atomic E-state index is 11.9. The summed E-state index contributed by atoms with van der Waals surface area (Å²) in [6.45, 7) is 15.4. The van der Waals surface area contributed by atoms with E-state index in [0.717, 1.165) is 0 Å². The molecular weight excluding hydrogens is 539 g/mol. The Balaban J connectivity index is 0.000000523. The molecule has 0 fully saturated rings. The fraction of sp³-hybridized carbons (Fsp3) is 0.667. The van der Waals surface area contributed by atoms with Gasteiger partial charge in [-0.3, -0.25) is 0 Å². The molecule has 0 N–H and O–H groups in total. The molecule has 0 amide bonds. The van der Waals surface area contributed by atoms with Crippen LogP contribution in [0.1, 0.15) is 79.6 Å². The standard InChI is InChI=1S/2C9H16N2OS2.Pd/c2*1-5(2)10-7(13)8(14)11(6(3)4)9(10)12;/h2*5-6,13-14H,1-4H3;/p-4. The third-order valence-electron chi connectivity index (χ3n) is 4.13. The summed E-state index contributed by atoms with van der Waals surface area (Å²) >= 11 is 20.5. The molecule has 0 aliphatic rings. The normalized spacial score (nSPS) is 11.2. The van der Waals surface area contributed by atoms with Gasteiger partial charge in [0.05, 0.1) is 0 Å². The van der Waals surface area contributed by atoms with E-state index in [2.05, 4.69) is 0 Å². The number of hydrogen-bond donors (Lipinski definition) is 0. The maximum absolute atomic E-state index is 11.9. The van der Waals surface area contributed by atoms with E-state index in [1.54, 1.807) is 18.3 Å². The fourth-order valence-electron chi connectivity index (χ4n) is 2.81. The molecule has 0 aromatic carbocycles. The Morgan fingerprint density at radius 3 is 0.690 bits per heavy atom. The molecule has 170 valence electrons. The van der Waals surface area contributed by atoms with Crippen molar-refractivity contribution < 1.29 is 20.4 Å². The summed E-state index contributed by atoms with van der Waals surface area (Å²) < 4.78 is 6.27. The van der Waals surface area contributed by atoms with Gasteiger partial charge in [-0.1, -0.05) is 0 Å². The first-order chi connectivity index (χ1) is 12.7. The van der Waals surface area contributed by atoms with Crippen molar-refractivity contribution in [1.29, 1.82) is 0 Å². The second-order valence-electron chi connectivity index (χ2n) is 7.64. The van der Waals surface area contributed by atoms with Crippen LogP contribution in [0.15, 0.2) is 29.7 Å². The minimum atomic E-state index is -0.0926. The maximum Gasteiger partial charge on any atom is 0.325 e. The molecule has 11 heteroatoms. The van der Waals surface area contributed by atoms with Crippen molar-refractivity contribution in [3.8, 4) is 0 Å². The molecule has 0 unspecified atom stereocenters. The molecule has 6 nitrogen and oxygen atoms in total.